The smallest absolute Gasteiger partial charge is 0.410 e. The Bertz CT molecular complexity index is 795. The standard InChI is InChI=1S/C21H32N6O3/c1-15(16-7-6-8-25(16)5)29-19-13-18(23-17(14-22)24-19)26-9-11-27(12-10-26)20(28)30-21(2,3)4/h13,15-16H,6-12H2,1-5H3/t15-,16-/m0/s1. The Morgan fingerprint density at radius 3 is 2.50 bits per heavy atom. The molecule has 2 fully saturated rings. The highest BCUT2D eigenvalue weighted by atomic mass is 16.6. The van der Waals surface area contributed by atoms with Gasteiger partial charge in [-0.2, -0.15) is 10.2 Å². The van der Waals surface area contributed by atoms with E-state index in [9.17, 15) is 10.1 Å². The summed E-state index contributed by atoms with van der Waals surface area (Å²) in [5.41, 5.74) is -0.515. The average Bonchev–Trinajstić information content (AvgIpc) is 3.12. The number of hydrogen-bond acceptors (Lipinski definition) is 8. The molecule has 3 heterocycles. The number of anilines is 1. The van der Waals surface area contributed by atoms with E-state index in [0.717, 1.165) is 19.4 Å². The molecular weight excluding hydrogens is 384 g/mol. The molecule has 0 saturated carbocycles. The van der Waals surface area contributed by atoms with Crippen molar-refractivity contribution in [3.8, 4) is 11.9 Å². The third-order valence-corrected chi connectivity index (χ3v) is 5.47. The first-order valence-corrected chi connectivity index (χ1v) is 10.6. The SMILES string of the molecule is C[C@H](Oc1cc(N2CCN(C(=O)OC(C)(C)C)CC2)nc(C#N)n1)[C@@H]1CCCN1C. The molecule has 0 aliphatic carbocycles. The topological polar surface area (TPSA) is 94.8 Å². The van der Waals surface area contributed by atoms with Crippen molar-refractivity contribution in [3.05, 3.63) is 11.9 Å². The fourth-order valence-corrected chi connectivity index (χ4v) is 3.93. The molecule has 2 saturated heterocycles. The lowest BCUT2D eigenvalue weighted by Gasteiger charge is -2.36. The predicted molar refractivity (Wildman–Crippen MR) is 113 cm³/mol. The van der Waals surface area contributed by atoms with E-state index in [2.05, 4.69) is 21.9 Å². The van der Waals surface area contributed by atoms with E-state index in [4.69, 9.17) is 9.47 Å². The maximum atomic E-state index is 12.3. The number of nitriles is 1. The van der Waals surface area contributed by atoms with Crippen LogP contribution in [-0.2, 0) is 4.74 Å². The second-order valence-electron chi connectivity index (χ2n) is 8.97. The average molecular weight is 417 g/mol. The minimum atomic E-state index is -0.515. The predicted octanol–water partition coefficient (Wildman–Crippen LogP) is 2.27. The molecule has 0 aromatic carbocycles. The van der Waals surface area contributed by atoms with Crippen LogP contribution in [0.1, 0.15) is 46.4 Å². The van der Waals surface area contributed by atoms with Crippen molar-refractivity contribution >= 4 is 11.9 Å². The number of rotatable bonds is 4. The summed E-state index contributed by atoms with van der Waals surface area (Å²) in [6.45, 7) is 10.9. The number of hydrogen-bond donors (Lipinski definition) is 0. The molecule has 0 spiro atoms. The van der Waals surface area contributed by atoms with Gasteiger partial charge in [-0.25, -0.2) is 9.78 Å². The molecule has 0 radical (unpaired) electrons. The lowest BCUT2D eigenvalue weighted by Crippen LogP contribution is -2.50. The van der Waals surface area contributed by atoms with Gasteiger partial charge in [0.15, 0.2) is 0 Å². The van der Waals surface area contributed by atoms with E-state index in [1.165, 1.54) is 0 Å². The molecule has 2 aliphatic heterocycles. The lowest BCUT2D eigenvalue weighted by atomic mass is 10.1. The summed E-state index contributed by atoms with van der Waals surface area (Å²) in [4.78, 5) is 26.9. The first kappa shape index (κ1) is 22.1. The number of carbonyl (C=O) groups excluding carboxylic acids is 1. The van der Waals surface area contributed by atoms with Crippen molar-refractivity contribution in [3.63, 3.8) is 0 Å². The Kier molecular flexibility index (Phi) is 6.66. The number of likely N-dealkylation sites (tertiary alicyclic amines) is 1. The summed E-state index contributed by atoms with van der Waals surface area (Å²) in [5.74, 6) is 1.15. The molecule has 3 rings (SSSR count). The zero-order valence-corrected chi connectivity index (χ0v) is 18.6. The summed E-state index contributed by atoms with van der Waals surface area (Å²) in [6, 6.07) is 4.15. The Balaban J connectivity index is 1.66. The second kappa shape index (κ2) is 9.04. The van der Waals surface area contributed by atoms with E-state index in [1.54, 1.807) is 11.0 Å². The Morgan fingerprint density at radius 1 is 1.23 bits per heavy atom. The Hall–Kier alpha value is -2.60. The maximum Gasteiger partial charge on any atom is 0.410 e. The van der Waals surface area contributed by atoms with Gasteiger partial charge in [-0.3, -0.25) is 4.90 Å². The van der Waals surface area contributed by atoms with Crippen LogP contribution in [0.3, 0.4) is 0 Å². The molecular formula is C21H32N6O3. The number of likely N-dealkylation sites (N-methyl/N-ethyl adjacent to an activating group) is 1. The van der Waals surface area contributed by atoms with Crippen molar-refractivity contribution < 1.29 is 14.3 Å². The van der Waals surface area contributed by atoms with E-state index in [1.807, 2.05) is 38.7 Å². The Labute approximate surface area is 178 Å². The van der Waals surface area contributed by atoms with Crippen LogP contribution in [0.5, 0.6) is 5.88 Å². The van der Waals surface area contributed by atoms with Crippen molar-refractivity contribution in [1.29, 1.82) is 5.26 Å². The van der Waals surface area contributed by atoms with Crippen molar-refractivity contribution in [2.45, 2.75) is 58.3 Å². The highest BCUT2D eigenvalue weighted by Crippen LogP contribution is 2.24. The molecule has 1 aromatic rings. The summed E-state index contributed by atoms with van der Waals surface area (Å²) < 4.78 is 11.6. The third-order valence-electron chi connectivity index (χ3n) is 5.47. The zero-order valence-electron chi connectivity index (χ0n) is 18.6. The van der Waals surface area contributed by atoms with E-state index in [0.29, 0.717) is 43.9 Å². The highest BCUT2D eigenvalue weighted by Gasteiger charge is 2.29. The molecule has 0 bridgehead atoms. The maximum absolute atomic E-state index is 12.3. The molecule has 1 aromatic heterocycles. The molecule has 2 aliphatic rings. The Morgan fingerprint density at radius 2 is 1.93 bits per heavy atom. The van der Waals surface area contributed by atoms with Gasteiger partial charge in [0, 0.05) is 38.3 Å². The molecule has 9 heteroatoms. The van der Waals surface area contributed by atoms with Crippen molar-refractivity contribution in [1.82, 2.24) is 19.8 Å². The van der Waals surface area contributed by atoms with Crippen LogP contribution < -0.4 is 9.64 Å². The number of ether oxygens (including phenoxy) is 2. The quantitative estimate of drug-likeness (QED) is 0.738. The monoisotopic (exact) mass is 416 g/mol. The van der Waals surface area contributed by atoms with Gasteiger partial charge in [0.1, 0.15) is 23.6 Å². The highest BCUT2D eigenvalue weighted by molar-refractivity contribution is 5.68. The molecule has 2 atom stereocenters. The van der Waals surface area contributed by atoms with Crippen LogP contribution in [0.2, 0.25) is 0 Å². The molecule has 0 unspecified atom stereocenters. The summed E-state index contributed by atoms with van der Waals surface area (Å²) >= 11 is 0. The van der Waals surface area contributed by atoms with Crippen LogP contribution >= 0.6 is 0 Å². The first-order chi connectivity index (χ1) is 14.2. The number of aromatic nitrogens is 2. The minimum absolute atomic E-state index is 0.0317. The van der Waals surface area contributed by atoms with Crippen molar-refractivity contribution in [2.75, 3.05) is 44.7 Å². The van der Waals surface area contributed by atoms with Gasteiger partial charge in [0.25, 0.3) is 0 Å². The largest absolute Gasteiger partial charge is 0.473 e. The van der Waals surface area contributed by atoms with Gasteiger partial charge in [-0.15, -0.1) is 0 Å². The number of nitrogens with zero attached hydrogens (tertiary/aromatic N) is 6. The fraction of sp³-hybridized carbons (Fsp3) is 0.714. The fourth-order valence-electron chi connectivity index (χ4n) is 3.93. The molecule has 1 amide bonds. The first-order valence-electron chi connectivity index (χ1n) is 10.6. The number of amides is 1. The number of piperazine rings is 1. The van der Waals surface area contributed by atoms with Crippen LogP contribution in [0.25, 0.3) is 0 Å². The van der Waals surface area contributed by atoms with Crippen LogP contribution in [-0.4, -0.2) is 83.4 Å². The third kappa shape index (κ3) is 5.51. The second-order valence-corrected chi connectivity index (χ2v) is 8.97. The van der Waals surface area contributed by atoms with E-state index < -0.39 is 5.60 Å². The minimum Gasteiger partial charge on any atom is -0.473 e. The van der Waals surface area contributed by atoms with Crippen molar-refractivity contribution in [2.24, 2.45) is 0 Å². The van der Waals surface area contributed by atoms with Gasteiger partial charge in [-0.05, 0) is 54.1 Å². The van der Waals surface area contributed by atoms with Crippen LogP contribution in [0.4, 0.5) is 10.6 Å². The van der Waals surface area contributed by atoms with Gasteiger partial charge in [0.2, 0.25) is 11.7 Å². The van der Waals surface area contributed by atoms with Gasteiger partial charge >= 0.3 is 6.09 Å². The normalized spacial score (nSPS) is 21.3. The van der Waals surface area contributed by atoms with E-state index >= 15 is 0 Å². The van der Waals surface area contributed by atoms with Gasteiger partial charge < -0.3 is 19.3 Å². The van der Waals surface area contributed by atoms with Gasteiger partial charge in [0.05, 0.1) is 0 Å². The van der Waals surface area contributed by atoms with Crippen LogP contribution in [0.15, 0.2) is 6.07 Å². The lowest BCUT2D eigenvalue weighted by molar-refractivity contribution is 0.0240. The van der Waals surface area contributed by atoms with E-state index in [-0.39, 0.29) is 18.0 Å². The van der Waals surface area contributed by atoms with Crippen LogP contribution in [0, 0.1) is 11.3 Å². The molecule has 164 valence electrons. The molecule has 9 nitrogen and oxygen atoms in total. The zero-order chi connectivity index (χ0) is 21.9. The van der Waals surface area contributed by atoms with Gasteiger partial charge in [-0.1, -0.05) is 0 Å². The number of carbonyl (C=O) groups is 1. The summed E-state index contributed by atoms with van der Waals surface area (Å²) in [5, 5.41) is 9.37. The molecule has 0 N–H and O–H groups in total. The summed E-state index contributed by atoms with van der Waals surface area (Å²) in [6.07, 6.45) is 1.92. The summed E-state index contributed by atoms with van der Waals surface area (Å²) in [7, 11) is 2.10. The molecule has 30 heavy (non-hydrogen) atoms.